The van der Waals surface area contributed by atoms with Crippen molar-refractivity contribution in [1.29, 1.82) is 0 Å². The molecular weight excluding hydrogens is 495 g/mol. The van der Waals surface area contributed by atoms with Crippen LogP contribution in [0.15, 0.2) is 18.2 Å². The van der Waals surface area contributed by atoms with E-state index < -0.39 is 3.79 Å². The lowest BCUT2D eigenvalue weighted by atomic mass is 9.43. The Morgan fingerprint density at radius 1 is 1.21 bits per heavy atom. The molecule has 1 N–H and O–H groups in total. The second-order valence-corrected chi connectivity index (χ2v) is 14.3. The van der Waals surface area contributed by atoms with Crippen LogP contribution in [0.25, 0.3) is 0 Å². The minimum atomic E-state index is -1.60. The number of carbonyl (C=O) groups is 1. The number of alkyl halides is 3. The van der Waals surface area contributed by atoms with E-state index in [1.165, 1.54) is 30.5 Å². The molecule has 5 fully saturated rings. The molecule has 2 heterocycles. The van der Waals surface area contributed by atoms with Crippen LogP contribution in [0.2, 0.25) is 0 Å². The Morgan fingerprint density at radius 2 is 2.03 bits per heavy atom. The highest BCUT2D eigenvalue weighted by atomic mass is 35.6. The standard InChI is InChI=1S/C26H31Cl3N2O3/c27-26(28,29)14-34-23(33)31-13-17-11-24-6-5-20(31)22(17)25(24)7-8-30(12-15-1-2-15)21(24)9-16-3-4-18(32)10-19(16)25/h3-4,10,15,17,20-22,32H,1-2,5-9,11-14H2/t17-,20?,21?,22?,24?,25?/m1/s1. The summed E-state index contributed by atoms with van der Waals surface area (Å²) in [5, 5.41) is 10.5. The third kappa shape index (κ3) is 2.99. The molecule has 6 atom stereocenters. The van der Waals surface area contributed by atoms with E-state index >= 15 is 0 Å². The van der Waals surface area contributed by atoms with Crippen LogP contribution in [0.5, 0.6) is 5.75 Å². The third-order valence-corrected chi connectivity index (χ3v) is 10.7. The maximum Gasteiger partial charge on any atom is 0.410 e. The van der Waals surface area contributed by atoms with Gasteiger partial charge in [-0.05, 0) is 97.9 Å². The van der Waals surface area contributed by atoms with Crippen molar-refractivity contribution in [3.63, 3.8) is 0 Å². The number of nitrogens with zero attached hydrogens (tertiary/aromatic N) is 2. The van der Waals surface area contributed by atoms with Crippen LogP contribution in [0.3, 0.4) is 0 Å². The number of ether oxygens (including phenoxy) is 1. The molecule has 8 heteroatoms. The van der Waals surface area contributed by atoms with Gasteiger partial charge < -0.3 is 14.7 Å². The number of aromatic hydroxyl groups is 1. The highest BCUT2D eigenvalue weighted by Crippen LogP contribution is 2.75. The van der Waals surface area contributed by atoms with Crippen LogP contribution < -0.4 is 0 Å². The lowest BCUT2D eigenvalue weighted by Crippen LogP contribution is -2.70. The quantitative estimate of drug-likeness (QED) is 0.546. The number of phenols is 1. The molecule has 0 radical (unpaired) electrons. The number of halogens is 3. The highest BCUT2D eigenvalue weighted by molar-refractivity contribution is 6.67. The zero-order valence-corrected chi connectivity index (χ0v) is 21.5. The SMILES string of the molecule is O=C(OCC(Cl)(Cl)Cl)N1C[C@H]2CC34CCC1C2C31CCN(CC2CC2)C4Cc2ccc(O)cc21. The van der Waals surface area contributed by atoms with E-state index in [0.29, 0.717) is 23.6 Å². The lowest BCUT2D eigenvalue weighted by Gasteiger charge is -2.66. The molecule has 3 saturated carbocycles. The number of fused-ring (bicyclic) bond motifs is 1. The van der Waals surface area contributed by atoms with Crippen LogP contribution >= 0.6 is 34.8 Å². The first-order valence-corrected chi connectivity index (χ1v) is 13.9. The summed E-state index contributed by atoms with van der Waals surface area (Å²) in [5.74, 6) is 2.08. The molecule has 34 heavy (non-hydrogen) atoms. The number of piperidine rings is 1. The van der Waals surface area contributed by atoms with Gasteiger partial charge in [-0.25, -0.2) is 4.79 Å². The average Bonchev–Trinajstić information content (AvgIpc) is 3.47. The Kier molecular flexibility index (Phi) is 4.82. The average molecular weight is 526 g/mol. The van der Waals surface area contributed by atoms with E-state index in [2.05, 4.69) is 17.0 Å². The number of rotatable bonds is 3. The topological polar surface area (TPSA) is 53.0 Å². The number of carbonyl (C=O) groups excluding carboxylic acids is 1. The van der Waals surface area contributed by atoms with Gasteiger partial charge in [-0.1, -0.05) is 40.9 Å². The Labute approximate surface area is 215 Å². The number of benzene rings is 1. The summed E-state index contributed by atoms with van der Waals surface area (Å²) < 4.78 is 3.84. The minimum Gasteiger partial charge on any atom is -0.508 e. The fourth-order valence-corrected chi connectivity index (χ4v) is 9.54. The van der Waals surface area contributed by atoms with Crippen molar-refractivity contribution < 1.29 is 14.6 Å². The molecule has 2 aliphatic heterocycles. The summed E-state index contributed by atoms with van der Waals surface area (Å²) >= 11 is 17.5. The fraction of sp³-hybridized carbons (Fsp3) is 0.731. The summed E-state index contributed by atoms with van der Waals surface area (Å²) in [6.07, 6.45) is 7.89. The van der Waals surface area contributed by atoms with Crippen molar-refractivity contribution in [1.82, 2.24) is 9.80 Å². The van der Waals surface area contributed by atoms with E-state index in [4.69, 9.17) is 39.5 Å². The number of hydrogen-bond acceptors (Lipinski definition) is 4. The summed E-state index contributed by atoms with van der Waals surface area (Å²) in [4.78, 5) is 17.9. The largest absolute Gasteiger partial charge is 0.508 e. The zero-order chi connectivity index (χ0) is 23.5. The maximum absolute atomic E-state index is 13.1. The second-order valence-electron chi connectivity index (χ2n) is 11.8. The Hall–Kier alpha value is -0.880. The summed E-state index contributed by atoms with van der Waals surface area (Å²) in [6, 6.07) is 6.79. The number of hydrogen-bond donors (Lipinski definition) is 1. The second kappa shape index (κ2) is 7.34. The normalized spacial score (nSPS) is 40.1. The monoisotopic (exact) mass is 524 g/mol. The van der Waals surface area contributed by atoms with Gasteiger partial charge in [-0.2, -0.15) is 0 Å². The van der Waals surface area contributed by atoms with E-state index in [1.54, 1.807) is 0 Å². The van der Waals surface area contributed by atoms with Crippen molar-refractivity contribution in [2.45, 2.75) is 66.2 Å². The van der Waals surface area contributed by atoms with Gasteiger partial charge in [0.1, 0.15) is 12.4 Å². The molecule has 5 unspecified atom stereocenters. The first-order chi connectivity index (χ1) is 16.2. The molecule has 0 aromatic heterocycles. The summed E-state index contributed by atoms with van der Waals surface area (Å²) in [6.45, 7) is 2.84. The van der Waals surface area contributed by atoms with Crippen LogP contribution in [0.1, 0.15) is 49.7 Å². The molecule has 1 amide bonds. The van der Waals surface area contributed by atoms with Crippen LogP contribution in [0.4, 0.5) is 4.79 Å². The van der Waals surface area contributed by atoms with Gasteiger partial charge in [0.15, 0.2) is 0 Å². The molecule has 4 bridgehead atoms. The van der Waals surface area contributed by atoms with Gasteiger partial charge in [0, 0.05) is 30.6 Å². The molecule has 7 rings (SSSR count). The van der Waals surface area contributed by atoms with Crippen molar-refractivity contribution >= 4 is 40.9 Å². The number of likely N-dealkylation sites (tertiary alicyclic amines) is 2. The molecule has 5 nitrogen and oxygen atoms in total. The van der Waals surface area contributed by atoms with Gasteiger partial charge >= 0.3 is 6.09 Å². The van der Waals surface area contributed by atoms with E-state index in [-0.39, 0.29) is 29.6 Å². The predicted molar refractivity (Wildman–Crippen MR) is 132 cm³/mol. The van der Waals surface area contributed by atoms with E-state index in [1.807, 2.05) is 11.0 Å². The fourth-order valence-electron chi connectivity index (χ4n) is 9.38. The molecule has 184 valence electrons. The Balaban J connectivity index is 1.29. The molecule has 4 aliphatic carbocycles. The molecule has 6 aliphatic rings. The Morgan fingerprint density at radius 3 is 2.79 bits per heavy atom. The maximum atomic E-state index is 13.1. The van der Waals surface area contributed by atoms with Crippen LogP contribution in [-0.2, 0) is 16.6 Å². The first kappa shape index (κ1) is 22.3. The Bertz CT molecular complexity index is 1040. The van der Waals surface area contributed by atoms with Gasteiger partial charge in [0.25, 0.3) is 0 Å². The lowest BCUT2D eigenvalue weighted by molar-refractivity contribution is -0.103. The van der Waals surface area contributed by atoms with Gasteiger partial charge in [-0.3, -0.25) is 4.90 Å². The summed E-state index contributed by atoms with van der Waals surface area (Å²) in [5.41, 5.74) is 3.02. The first-order valence-electron chi connectivity index (χ1n) is 12.8. The van der Waals surface area contributed by atoms with Crippen molar-refractivity contribution in [3.8, 4) is 5.75 Å². The number of phenolic OH excluding ortho intramolecular Hbond substituents is 1. The van der Waals surface area contributed by atoms with Crippen LogP contribution in [0, 0.1) is 23.2 Å². The molecule has 2 saturated heterocycles. The highest BCUT2D eigenvalue weighted by Gasteiger charge is 2.76. The summed E-state index contributed by atoms with van der Waals surface area (Å²) in [7, 11) is 0. The zero-order valence-electron chi connectivity index (χ0n) is 19.2. The van der Waals surface area contributed by atoms with E-state index in [0.717, 1.165) is 51.1 Å². The smallest absolute Gasteiger partial charge is 0.410 e. The van der Waals surface area contributed by atoms with Gasteiger partial charge in [0.2, 0.25) is 3.79 Å². The van der Waals surface area contributed by atoms with Gasteiger partial charge in [-0.15, -0.1) is 0 Å². The van der Waals surface area contributed by atoms with Crippen molar-refractivity contribution in [2.24, 2.45) is 23.2 Å². The predicted octanol–water partition coefficient (Wildman–Crippen LogP) is 5.28. The third-order valence-electron chi connectivity index (χ3n) is 10.4. The molecular formula is C26H31Cl3N2O3. The number of amides is 1. The minimum absolute atomic E-state index is 0.0157. The van der Waals surface area contributed by atoms with Crippen LogP contribution in [-0.4, -0.2) is 63.1 Å². The molecule has 1 aromatic carbocycles. The molecule has 0 spiro atoms. The van der Waals surface area contributed by atoms with Crippen molar-refractivity contribution in [3.05, 3.63) is 29.3 Å². The van der Waals surface area contributed by atoms with Crippen molar-refractivity contribution in [2.75, 3.05) is 26.2 Å². The van der Waals surface area contributed by atoms with Gasteiger partial charge in [0.05, 0.1) is 0 Å². The van der Waals surface area contributed by atoms with E-state index in [9.17, 15) is 9.90 Å². The molecule has 1 aromatic rings.